The highest BCUT2D eigenvalue weighted by molar-refractivity contribution is 6.31. The first-order valence-electron chi connectivity index (χ1n) is 8.03. The second-order valence-electron chi connectivity index (χ2n) is 5.59. The van der Waals surface area contributed by atoms with E-state index in [1.807, 2.05) is 0 Å². The van der Waals surface area contributed by atoms with Crippen molar-refractivity contribution in [2.24, 2.45) is 0 Å². The third-order valence-electron chi connectivity index (χ3n) is 3.69. The van der Waals surface area contributed by atoms with Crippen molar-refractivity contribution in [3.8, 4) is 0 Å². The van der Waals surface area contributed by atoms with Crippen LogP contribution in [0.4, 0.5) is 17.2 Å². The van der Waals surface area contributed by atoms with Crippen LogP contribution in [0.1, 0.15) is 20.7 Å². The minimum Gasteiger partial charge on any atom is -0.465 e. The molecule has 27 heavy (non-hydrogen) atoms. The van der Waals surface area contributed by atoms with Gasteiger partial charge in [-0.2, -0.15) is 0 Å². The van der Waals surface area contributed by atoms with E-state index in [4.69, 9.17) is 11.6 Å². The molecule has 0 radical (unpaired) electrons. The fraction of sp³-hybridized carbons (Fsp3) is 0.0500. The summed E-state index contributed by atoms with van der Waals surface area (Å²) >= 11 is 5.90. The van der Waals surface area contributed by atoms with Gasteiger partial charge in [0.05, 0.1) is 24.6 Å². The molecule has 0 aliphatic heterocycles. The van der Waals surface area contributed by atoms with Crippen LogP contribution in [0.5, 0.6) is 0 Å². The lowest BCUT2D eigenvalue weighted by Gasteiger charge is -2.09. The van der Waals surface area contributed by atoms with Crippen molar-refractivity contribution in [1.82, 2.24) is 4.98 Å². The topological polar surface area (TPSA) is 80.3 Å². The number of nitrogens with one attached hydrogen (secondary N) is 2. The van der Waals surface area contributed by atoms with Crippen LogP contribution in [-0.2, 0) is 4.74 Å². The van der Waals surface area contributed by atoms with Crippen LogP contribution in [0.2, 0.25) is 5.02 Å². The van der Waals surface area contributed by atoms with Gasteiger partial charge < -0.3 is 15.4 Å². The number of carbonyl (C=O) groups is 2. The summed E-state index contributed by atoms with van der Waals surface area (Å²) in [6.07, 6.45) is 1.60. The molecule has 7 heteroatoms. The third-order valence-corrected chi connectivity index (χ3v) is 3.92. The van der Waals surface area contributed by atoms with Gasteiger partial charge in [0.25, 0.3) is 5.91 Å². The lowest BCUT2D eigenvalue weighted by molar-refractivity contribution is 0.0600. The first-order chi connectivity index (χ1) is 13.0. The van der Waals surface area contributed by atoms with Crippen molar-refractivity contribution in [1.29, 1.82) is 0 Å². The molecule has 0 spiro atoms. The Morgan fingerprint density at radius 3 is 2.33 bits per heavy atom. The van der Waals surface area contributed by atoms with Crippen molar-refractivity contribution in [3.05, 3.63) is 83.0 Å². The lowest BCUT2D eigenvalue weighted by Crippen LogP contribution is -2.12. The SMILES string of the molecule is COC(=O)c1ccc(Nc2ccc(NC(=O)c3cccc(Cl)c3)nc2)cc1. The standard InChI is InChI=1S/C20H16ClN3O3/c1-27-20(26)13-5-7-16(8-6-13)23-17-9-10-18(22-12-17)24-19(25)14-3-2-4-15(21)11-14/h2-12,23H,1H3,(H,22,24,25). The van der Waals surface area contributed by atoms with Gasteiger partial charge in [-0.1, -0.05) is 17.7 Å². The maximum atomic E-state index is 12.2. The molecule has 136 valence electrons. The summed E-state index contributed by atoms with van der Waals surface area (Å²) in [6.45, 7) is 0. The first-order valence-corrected chi connectivity index (χ1v) is 8.41. The molecule has 3 rings (SSSR count). The quantitative estimate of drug-likeness (QED) is 0.635. The number of benzene rings is 2. The molecule has 0 saturated heterocycles. The Bertz CT molecular complexity index is 957. The molecule has 3 aromatic rings. The molecule has 0 unspecified atom stereocenters. The fourth-order valence-electron chi connectivity index (χ4n) is 2.33. The zero-order chi connectivity index (χ0) is 19.2. The van der Waals surface area contributed by atoms with Gasteiger partial charge in [-0.15, -0.1) is 0 Å². The molecule has 1 heterocycles. The summed E-state index contributed by atoms with van der Waals surface area (Å²) in [6, 6.07) is 17.0. The van der Waals surface area contributed by atoms with Crippen molar-refractivity contribution >= 4 is 40.7 Å². The Hall–Kier alpha value is -3.38. The highest BCUT2D eigenvalue weighted by atomic mass is 35.5. The van der Waals surface area contributed by atoms with Crippen LogP contribution in [0.15, 0.2) is 66.9 Å². The molecule has 2 N–H and O–H groups in total. The molecule has 0 fully saturated rings. The fourth-order valence-corrected chi connectivity index (χ4v) is 2.52. The number of pyridine rings is 1. The first kappa shape index (κ1) is 18.4. The number of carbonyl (C=O) groups excluding carboxylic acids is 2. The molecule has 2 aromatic carbocycles. The zero-order valence-corrected chi connectivity index (χ0v) is 15.2. The van der Waals surface area contributed by atoms with E-state index >= 15 is 0 Å². The summed E-state index contributed by atoms with van der Waals surface area (Å²) in [7, 11) is 1.34. The minimum absolute atomic E-state index is 0.288. The lowest BCUT2D eigenvalue weighted by atomic mass is 10.2. The van der Waals surface area contributed by atoms with Gasteiger partial charge in [0.1, 0.15) is 5.82 Å². The largest absolute Gasteiger partial charge is 0.465 e. The summed E-state index contributed by atoms with van der Waals surface area (Å²) in [4.78, 5) is 27.8. The van der Waals surface area contributed by atoms with E-state index in [9.17, 15) is 9.59 Å². The van der Waals surface area contributed by atoms with Crippen LogP contribution >= 0.6 is 11.6 Å². The van der Waals surface area contributed by atoms with E-state index in [0.717, 1.165) is 11.4 Å². The van der Waals surface area contributed by atoms with Crippen molar-refractivity contribution in [2.45, 2.75) is 0 Å². The van der Waals surface area contributed by atoms with Gasteiger partial charge >= 0.3 is 5.97 Å². The van der Waals surface area contributed by atoms with Crippen LogP contribution in [0, 0.1) is 0 Å². The maximum Gasteiger partial charge on any atom is 0.337 e. The van der Waals surface area contributed by atoms with E-state index in [1.165, 1.54) is 7.11 Å². The van der Waals surface area contributed by atoms with Gasteiger partial charge in [-0.05, 0) is 54.6 Å². The molecular weight excluding hydrogens is 366 g/mol. The Labute approximate surface area is 161 Å². The number of nitrogens with zero attached hydrogens (tertiary/aromatic N) is 1. The Balaban J connectivity index is 1.63. The number of rotatable bonds is 5. The number of hydrogen-bond donors (Lipinski definition) is 2. The Kier molecular flexibility index (Phi) is 5.68. The highest BCUT2D eigenvalue weighted by Gasteiger charge is 2.08. The summed E-state index contributed by atoms with van der Waals surface area (Å²) in [5.74, 6) is -0.251. The molecule has 0 aliphatic carbocycles. The van der Waals surface area contributed by atoms with Crippen molar-refractivity contribution in [3.63, 3.8) is 0 Å². The number of ether oxygens (including phenoxy) is 1. The number of esters is 1. The normalized spacial score (nSPS) is 10.1. The molecule has 1 amide bonds. The van der Waals surface area contributed by atoms with Crippen LogP contribution in [-0.4, -0.2) is 24.0 Å². The van der Waals surface area contributed by atoms with Gasteiger partial charge in [0.15, 0.2) is 0 Å². The van der Waals surface area contributed by atoms with Gasteiger partial charge in [0, 0.05) is 16.3 Å². The molecule has 0 bridgehead atoms. The second-order valence-corrected chi connectivity index (χ2v) is 6.03. The van der Waals surface area contributed by atoms with Crippen LogP contribution < -0.4 is 10.6 Å². The van der Waals surface area contributed by atoms with Crippen LogP contribution in [0.3, 0.4) is 0 Å². The van der Waals surface area contributed by atoms with E-state index in [2.05, 4.69) is 20.4 Å². The Morgan fingerprint density at radius 1 is 0.963 bits per heavy atom. The van der Waals surface area contributed by atoms with E-state index in [0.29, 0.717) is 22.0 Å². The van der Waals surface area contributed by atoms with Crippen molar-refractivity contribution in [2.75, 3.05) is 17.7 Å². The molecular formula is C20H16ClN3O3. The highest BCUT2D eigenvalue weighted by Crippen LogP contribution is 2.18. The van der Waals surface area contributed by atoms with E-state index < -0.39 is 0 Å². The van der Waals surface area contributed by atoms with Crippen molar-refractivity contribution < 1.29 is 14.3 Å². The third kappa shape index (κ3) is 4.83. The van der Waals surface area contributed by atoms with E-state index in [-0.39, 0.29) is 11.9 Å². The number of amides is 1. The molecule has 0 aliphatic rings. The number of halogens is 1. The average molecular weight is 382 g/mol. The second kappa shape index (κ2) is 8.33. The number of methoxy groups -OCH3 is 1. The van der Waals surface area contributed by atoms with Gasteiger partial charge in [-0.3, -0.25) is 4.79 Å². The monoisotopic (exact) mass is 381 g/mol. The minimum atomic E-state index is -0.386. The smallest absolute Gasteiger partial charge is 0.337 e. The van der Waals surface area contributed by atoms with Gasteiger partial charge in [-0.25, -0.2) is 9.78 Å². The Morgan fingerprint density at radius 2 is 1.70 bits per heavy atom. The number of hydrogen-bond acceptors (Lipinski definition) is 5. The summed E-state index contributed by atoms with van der Waals surface area (Å²) in [5.41, 5.74) is 2.46. The van der Waals surface area contributed by atoms with Crippen LogP contribution in [0.25, 0.3) is 0 Å². The number of aromatic nitrogens is 1. The molecule has 0 atom stereocenters. The predicted molar refractivity (Wildman–Crippen MR) is 105 cm³/mol. The average Bonchev–Trinajstić information content (AvgIpc) is 2.69. The molecule has 0 saturated carbocycles. The van der Waals surface area contributed by atoms with Gasteiger partial charge in [0.2, 0.25) is 0 Å². The molecule has 6 nitrogen and oxygen atoms in total. The predicted octanol–water partition coefficient (Wildman–Crippen LogP) is 4.52. The zero-order valence-electron chi connectivity index (χ0n) is 14.4. The summed E-state index contributed by atoms with van der Waals surface area (Å²) < 4.78 is 4.67. The maximum absolute atomic E-state index is 12.2. The summed E-state index contributed by atoms with van der Waals surface area (Å²) in [5, 5.41) is 6.37. The number of anilines is 3. The van der Waals surface area contributed by atoms with E-state index in [1.54, 1.807) is 66.9 Å². The molecule has 1 aromatic heterocycles.